The first-order valence-corrected chi connectivity index (χ1v) is 10.3. The molecular weight excluding hydrogens is 404 g/mol. The lowest BCUT2D eigenvalue weighted by molar-refractivity contribution is -0.136. The number of aryl methyl sites for hydroxylation is 1. The zero-order valence-corrected chi connectivity index (χ0v) is 17.6. The van der Waals surface area contributed by atoms with E-state index in [0.29, 0.717) is 5.02 Å². The van der Waals surface area contributed by atoms with Gasteiger partial charge in [0.05, 0.1) is 23.8 Å². The molecule has 2 heterocycles. The Morgan fingerprint density at radius 2 is 1.97 bits per heavy atom. The fourth-order valence-electron chi connectivity index (χ4n) is 3.49. The lowest BCUT2D eigenvalue weighted by Gasteiger charge is -2.09. The summed E-state index contributed by atoms with van der Waals surface area (Å²) in [6.45, 7) is 4.10. The van der Waals surface area contributed by atoms with Gasteiger partial charge < -0.3 is 9.67 Å². The highest BCUT2D eigenvalue weighted by Gasteiger charge is 2.17. The van der Waals surface area contributed by atoms with Gasteiger partial charge in [0, 0.05) is 32.1 Å². The summed E-state index contributed by atoms with van der Waals surface area (Å²) in [7, 11) is 0. The van der Waals surface area contributed by atoms with Crippen LogP contribution in [0.1, 0.15) is 16.8 Å². The summed E-state index contributed by atoms with van der Waals surface area (Å²) in [6, 6.07) is 15.7. The van der Waals surface area contributed by atoms with Crippen molar-refractivity contribution in [3.05, 3.63) is 82.8 Å². The maximum absolute atomic E-state index is 11.1. The van der Waals surface area contributed by atoms with Crippen LogP contribution < -0.4 is 0 Å². The Hall–Kier alpha value is -2.76. The van der Waals surface area contributed by atoms with Crippen molar-refractivity contribution < 1.29 is 9.90 Å². The van der Waals surface area contributed by atoms with Crippen molar-refractivity contribution in [2.24, 2.45) is 0 Å². The largest absolute Gasteiger partial charge is 0.481 e. The van der Waals surface area contributed by atoms with Gasteiger partial charge in [-0.15, -0.1) is 0 Å². The van der Waals surface area contributed by atoms with Gasteiger partial charge in [0.1, 0.15) is 0 Å². The molecule has 0 aliphatic carbocycles. The molecule has 0 aliphatic heterocycles. The Balaban J connectivity index is 1.86. The summed E-state index contributed by atoms with van der Waals surface area (Å²) in [4.78, 5) is 17.5. The summed E-state index contributed by atoms with van der Waals surface area (Å²) in [6.07, 6.45) is 3.70. The minimum Gasteiger partial charge on any atom is -0.481 e. The number of hydrogen-bond acceptors (Lipinski definition) is 3. The Labute approximate surface area is 178 Å². The molecule has 2 aromatic heterocycles. The summed E-state index contributed by atoms with van der Waals surface area (Å²) in [5, 5.41) is 10.9. The van der Waals surface area contributed by atoms with Crippen LogP contribution >= 0.6 is 23.4 Å². The van der Waals surface area contributed by atoms with Gasteiger partial charge in [-0.1, -0.05) is 41.6 Å². The van der Waals surface area contributed by atoms with E-state index < -0.39 is 5.97 Å². The molecule has 6 heteroatoms. The molecule has 0 bridgehead atoms. The van der Waals surface area contributed by atoms with Gasteiger partial charge in [-0.25, -0.2) is 0 Å². The average molecular weight is 423 g/mol. The summed E-state index contributed by atoms with van der Waals surface area (Å²) in [5.74, 6) is -0.832. The summed E-state index contributed by atoms with van der Waals surface area (Å²) >= 11 is 7.94. The van der Waals surface area contributed by atoms with Crippen molar-refractivity contribution in [2.45, 2.75) is 30.1 Å². The SMILES string of the molecule is Cc1cncc(-n2c(C)c(Sc3cccc(CC(=O)O)c3)c3ccc(Cl)cc32)c1. The smallest absolute Gasteiger partial charge is 0.307 e. The van der Waals surface area contributed by atoms with E-state index in [0.717, 1.165) is 43.2 Å². The van der Waals surface area contributed by atoms with Crippen LogP contribution in [0.4, 0.5) is 0 Å². The van der Waals surface area contributed by atoms with Crippen molar-refractivity contribution in [3.63, 3.8) is 0 Å². The van der Waals surface area contributed by atoms with E-state index in [4.69, 9.17) is 16.7 Å². The van der Waals surface area contributed by atoms with Crippen molar-refractivity contribution in [3.8, 4) is 5.69 Å². The zero-order chi connectivity index (χ0) is 20.5. The second-order valence-electron chi connectivity index (χ2n) is 6.95. The zero-order valence-electron chi connectivity index (χ0n) is 16.0. The Morgan fingerprint density at radius 1 is 1.14 bits per heavy atom. The van der Waals surface area contributed by atoms with E-state index in [1.165, 1.54) is 0 Å². The number of carboxylic acids is 1. The molecule has 0 radical (unpaired) electrons. The van der Waals surface area contributed by atoms with Crippen LogP contribution in [0.5, 0.6) is 0 Å². The normalized spacial score (nSPS) is 11.1. The minimum absolute atomic E-state index is 0.0136. The molecule has 0 atom stereocenters. The third-order valence-corrected chi connectivity index (χ3v) is 6.15. The molecule has 0 saturated heterocycles. The molecule has 0 saturated carbocycles. The average Bonchev–Trinajstić information content (AvgIpc) is 2.92. The van der Waals surface area contributed by atoms with Crippen LogP contribution in [0.25, 0.3) is 16.6 Å². The van der Waals surface area contributed by atoms with Crippen LogP contribution in [-0.4, -0.2) is 20.6 Å². The molecule has 0 fully saturated rings. The molecule has 29 heavy (non-hydrogen) atoms. The van der Waals surface area contributed by atoms with Gasteiger partial charge >= 0.3 is 5.97 Å². The Bertz CT molecular complexity index is 1230. The molecule has 4 rings (SSSR count). The van der Waals surface area contributed by atoms with Crippen LogP contribution in [0.15, 0.2) is 70.7 Å². The van der Waals surface area contributed by atoms with Gasteiger partial charge in [0.2, 0.25) is 0 Å². The quantitative estimate of drug-likeness (QED) is 0.423. The Kier molecular flexibility index (Phi) is 5.35. The van der Waals surface area contributed by atoms with Crippen molar-refractivity contribution >= 4 is 40.2 Å². The molecule has 0 aliphatic rings. The molecule has 1 N–H and O–H groups in total. The van der Waals surface area contributed by atoms with Crippen molar-refractivity contribution in [1.82, 2.24) is 9.55 Å². The van der Waals surface area contributed by atoms with E-state index in [1.54, 1.807) is 11.8 Å². The summed E-state index contributed by atoms with van der Waals surface area (Å²) in [5.41, 5.74) is 4.97. The predicted molar refractivity (Wildman–Crippen MR) is 117 cm³/mol. The highest BCUT2D eigenvalue weighted by Crippen LogP contribution is 2.40. The lowest BCUT2D eigenvalue weighted by atomic mass is 10.2. The van der Waals surface area contributed by atoms with Gasteiger partial charge in [0.25, 0.3) is 0 Å². The number of halogens is 1. The number of pyridine rings is 1. The van der Waals surface area contributed by atoms with Gasteiger partial charge in [-0.2, -0.15) is 0 Å². The Morgan fingerprint density at radius 3 is 2.72 bits per heavy atom. The molecule has 0 spiro atoms. The van der Waals surface area contributed by atoms with Crippen molar-refractivity contribution in [2.75, 3.05) is 0 Å². The van der Waals surface area contributed by atoms with Crippen LogP contribution in [0.2, 0.25) is 5.02 Å². The predicted octanol–water partition coefficient (Wildman–Crippen LogP) is 6.07. The monoisotopic (exact) mass is 422 g/mol. The fraction of sp³-hybridized carbons (Fsp3) is 0.130. The molecule has 2 aromatic carbocycles. The number of aliphatic carboxylic acids is 1. The standard InChI is InChI=1S/C23H19ClN2O2S/c1-14-8-18(13-25-12-14)26-15(2)23(20-7-6-17(24)11-21(20)26)29-19-5-3-4-16(9-19)10-22(27)28/h3-9,11-13H,10H2,1-2H3,(H,27,28). The number of aromatic nitrogens is 2. The highest BCUT2D eigenvalue weighted by atomic mass is 35.5. The van der Waals surface area contributed by atoms with E-state index in [1.807, 2.05) is 61.8 Å². The maximum atomic E-state index is 11.1. The third-order valence-electron chi connectivity index (χ3n) is 4.70. The third kappa shape index (κ3) is 4.02. The number of hydrogen-bond donors (Lipinski definition) is 1. The number of benzene rings is 2. The van der Waals surface area contributed by atoms with Crippen molar-refractivity contribution in [1.29, 1.82) is 0 Å². The second-order valence-corrected chi connectivity index (χ2v) is 8.47. The van der Waals surface area contributed by atoms with E-state index in [2.05, 4.69) is 22.5 Å². The molecule has 4 aromatic rings. The number of nitrogens with zero attached hydrogens (tertiary/aromatic N) is 2. The summed E-state index contributed by atoms with van der Waals surface area (Å²) < 4.78 is 2.17. The number of carbonyl (C=O) groups is 1. The highest BCUT2D eigenvalue weighted by molar-refractivity contribution is 7.99. The molecule has 0 unspecified atom stereocenters. The maximum Gasteiger partial charge on any atom is 0.307 e. The number of rotatable bonds is 5. The van der Waals surface area contributed by atoms with E-state index >= 15 is 0 Å². The first kappa shape index (κ1) is 19.6. The molecule has 4 nitrogen and oxygen atoms in total. The lowest BCUT2D eigenvalue weighted by Crippen LogP contribution is -1.99. The van der Waals surface area contributed by atoms with Crippen LogP contribution in [0.3, 0.4) is 0 Å². The molecule has 146 valence electrons. The van der Waals surface area contributed by atoms with E-state index in [-0.39, 0.29) is 6.42 Å². The van der Waals surface area contributed by atoms with Gasteiger partial charge in [0.15, 0.2) is 0 Å². The first-order valence-electron chi connectivity index (χ1n) is 9.13. The minimum atomic E-state index is -0.832. The topological polar surface area (TPSA) is 55.1 Å². The fourth-order valence-corrected chi connectivity index (χ4v) is 4.77. The number of carboxylic acid groups (broad SMARTS) is 1. The van der Waals surface area contributed by atoms with Crippen LogP contribution in [-0.2, 0) is 11.2 Å². The van der Waals surface area contributed by atoms with Gasteiger partial charge in [-0.3, -0.25) is 9.78 Å². The number of fused-ring (bicyclic) bond motifs is 1. The first-order chi connectivity index (χ1) is 13.9. The molecular formula is C23H19ClN2O2S. The second kappa shape index (κ2) is 7.93. The van der Waals surface area contributed by atoms with Gasteiger partial charge in [-0.05, 0) is 55.3 Å². The van der Waals surface area contributed by atoms with Crippen LogP contribution in [0, 0.1) is 13.8 Å². The molecule has 0 amide bonds. The van der Waals surface area contributed by atoms with E-state index in [9.17, 15) is 4.79 Å².